The number of nitrogens with one attached hydrogen (secondary N) is 1. The maximum atomic E-state index is 13.2. The van der Waals surface area contributed by atoms with Gasteiger partial charge in [-0.25, -0.2) is 4.39 Å². The minimum Gasteiger partial charge on any atom is -0.330 e. The highest BCUT2D eigenvalue weighted by Crippen LogP contribution is 2.46. The van der Waals surface area contributed by atoms with Crippen LogP contribution in [0.15, 0.2) is 18.2 Å². The van der Waals surface area contributed by atoms with Gasteiger partial charge in [-0.1, -0.05) is 20.3 Å². The second-order valence-electron chi connectivity index (χ2n) is 5.86. The zero-order valence-corrected chi connectivity index (χ0v) is 11.5. The normalized spacial score (nSPS) is 22.7. The van der Waals surface area contributed by atoms with Crippen LogP contribution < -0.4 is 0 Å². The Morgan fingerprint density at radius 2 is 2.22 bits per heavy atom. The molecule has 3 rings (SSSR count). The van der Waals surface area contributed by atoms with Crippen LogP contribution in [0.2, 0.25) is 0 Å². The lowest BCUT2D eigenvalue weighted by Gasteiger charge is -2.28. The molecule has 2 nitrogen and oxygen atoms in total. The molecule has 96 valence electrons. The van der Waals surface area contributed by atoms with Crippen molar-refractivity contribution in [2.75, 3.05) is 0 Å². The molecule has 0 amide bonds. The van der Waals surface area contributed by atoms with Gasteiger partial charge in [0.2, 0.25) is 0 Å². The van der Waals surface area contributed by atoms with E-state index in [-0.39, 0.29) is 11.2 Å². The minimum absolute atomic E-state index is 0.225. The fourth-order valence-electron chi connectivity index (χ4n) is 3.20. The van der Waals surface area contributed by atoms with E-state index in [2.05, 4.69) is 23.4 Å². The maximum Gasteiger partial charge on any atom is 0.178 e. The van der Waals surface area contributed by atoms with Crippen molar-refractivity contribution in [2.24, 2.45) is 5.41 Å². The smallest absolute Gasteiger partial charge is 0.178 e. The lowest BCUT2D eigenvalue weighted by Crippen LogP contribution is -2.21. The SMILES string of the molecule is CC1(C)CCCC1n1c(=S)[nH]c2cc(F)ccc21. The summed E-state index contributed by atoms with van der Waals surface area (Å²) < 4.78 is 16.1. The predicted octanol–water partition coefficient (Wildman–Crippen LogP) is 4.59. The van der Waals surface area contributed by atoms with Gasteiger partial charge in [-0.2, -0.15) is 0 Å². The predicted molar refractivity (Wildman–Crippen MR) is 73.7 cm³/mol. The molecule has 1 fully saturated rings. The van der Waals surface area contributed by atoms with E-state index in [1.165, 1.54) is 25.0 Å². The first-order chi connectivity index (χ1) is 8.49. The molecule has 2 aromatic rings. The Kier molecular flexibility index (Phi) is 2.59. The minimum atomic E-state index is -0.225. The maximum absolute atomic E-state index is 13.2. The summed E-state index contributed by atoms with van der Waals surface area (Å²) in [4.78, 5) is 3.12. The summed E-state index contributed by atoms with van der Waals surface area (Å²) in [6, 6.07) is 5.25. The monoisotopic (exact) mass is 264 g/mol. The van der Waals surface area contributed by atoms with Crippen molar-refractivity contribution in [3.05, 3.63) is 28.8 Å². The Balaban J connectivity index is 2.23. The highest BCUT2D eigenvalue weighted by Gasteiger charge is 2.36. The van der Waals surface area contributed by atoms with Crippen LogP contribution in [0.4, 0.5) is 4.39 Å². The third-order valence-corrected chi connectivity index (χ3v) is 4.49. The molecule has 1 aromatic heterocycles. The number of rotatable bonds is 1. The van der Waals surface area contributed by atoms with Crippen molar-refractivity contribution in [1.29, 1.82) is 0 Å². The van der Waals surface area contributed by atoms with Crippen molar-refractivity contribution < 1.29 is 4.39 Å². The molecular formula is C14H17FN2S. The van der Waals surface area contributed by atoms with E-state index in [0.29, 0.717) is 10.8 Å². The van der Waals surface area contributed by atoms with Gasteiger partial charge in [0.15, 0.2) is 4.77 Å². The second-order valence-corrected chi connectivity index (χ2v) is 6.24. The lowest BCUT2D eigenvalue weighted by atomic mass is 9.87. The van der Waals surface area contributed by atoms with Gasteiger partial charge in [-0.3, -0.25) is 0 Å². The number of halogens is 1. The fraction of sp³-hybridized carbons (Fsp3) is 0.500. The highest BCUT2D eigenvalue weighted by atomic mass is 32.1. The van der Waals surface area contributed by atoms with Crippen LogP contribution in [0.25, 0.3) is 11.0 Å². The van der Waals surface area contributed by atoms with Crippen molar-refractivity contribution in [3.63, 3.8) is 0 Å². The molecule has 1 aliphatic rings. The van der Waals surface area contributed by atoms with Crippen LogP contribution in [0.3, 0.4) is 0 Å². The molecule has 1 atom stereocenters. The summed E-state index contributed by atoms with van der Waals surface area (Å²) in [5, 5.41) is 0. The molecule has 1 N–H and O–H groups in total. The first-order valence-corrected chi connectivity index (χ1v) is 6.80. The van der Waals surface area contributed by atoms with Crippen molar-refractivity contribution >= 4 is 23.3 Å². The zero-order valence-electron chi connectivity index (χ0n) is 10.7. The zero-order chi connectivity index (χ0) is 12.9. The first-order valence-electron chi connectivity index (χ1n) is 6.39. The summed E-state index contributed by atoms with van der Waals surface area (Å²) >= 11 is 5.42. The molecular weight excluding hydrogens is 247 g/mol. The van der Waals surface area contributed by atoms with Crippen LogP contribution in [0.5, 0.6) is 0 Å². The Bertz CT molecular complexity index is 653. The molecule has 1 heterocycles. The standard InChI is InChI=1S/C14H17FN2S/c1-14(2)7-3-4-12(14)17-11-6-5-9(15)8-10(11)16-13(17)18/h5-6,8,12H,3-4,7H2,1-2H3,(H,16,18). The van der Waals surface area contributed by atoms with Gasteiger partial charge in [0.1, 0.15) is 5.82 Å². The molecule has 18 heavy (non-hydrogen) atoms. The Labute approximate surface area is 111 Å². The summed E-state index contributed by atoms with van der Waals surface area (Å²) in [5.74, 6) is -0.225. The Morgan fingerprint density at radius 3 is 2.89 bits per heavy atom. The van der Waals surface area contributed by atoms with Gasteiger partial charge < -0.3 is 9.55 Å². The number of fused-ring (bicyclic) bond motifs is 1. The van der Waals surface area contributed by atoms with Crippen LogP contribution in [0.1, 0.15) is 39.2 Å². The van der Waals surface area contributed by atoms with Crippen LogP contribution in [-0.2, 0) is 0 Å². The number of H-pyrrole nitrogens is 1. The third kappa shape index (κ3) is 1.70. The Morgan fingerprint density at radius 1 is 1.44 bits per heavy atom. The molecule has 0 radical (unpaired) electrons. The topological polar surface area (TPSA) is 20.7 Å². The fourth-order valence-corrected chi connectivity index (χ4v) is 3.54. The van der Waals surface area contributed by atoms with Gasteiger partial charge in [-0.05, 0) is 48.7 Å². The van der Waals surface area contributed by atoms with Crippen LogP contribution in [-0.4, -0.2) is 9.55 Å². The molecule has 0 spiro atoms. The van der Waals surface area contributed by atoms with E-state index in [4.69, 9.17) is 12.2 Å². The summed E-state index contributed by atoms with van der Waals surface area (Å²) in [6.07, 6.45) is 3.59. The average molecular weight is 264 g/mol. The first kappa shape index (κ1) is 11.9. The number of hydrogen-bond donors (Lipinski definition) is 1. The van der Waals surface area contributed by atoms with Crippen molar-refractivity contribution in [2.45, 2.75) is 39.2 Å². The van der Waals surface area contributed by atoms with Gasteiger partial charge >= 0.3 is 0 Å². The summed E-state index contributed by atoms with van der Waals surface area (Å²) in [5.41, 5.74) is 2.06. The average Bonchev–Trinajstić information content (AvgIpc) is 2.76. The molecule has 0 aliphatic heterocycles. The van der Waals surface area contributed by atoms with Crippen LogP contribution >= 0.6 is 12.2 Å². The molecule has 1 aromatic carbocycles. The molecule has 1 saturated carbocycles. The van der Waals surface area contributed by atoms with E-state index in [1.54, 1.807) is 0 Å². The number of aromatic amines is 1. The molecule has 1 aliphatic carbocycles. The number of imidazole rings is 1. The number of hydrogen-bond acceptors (Lipinski definition) is 1. The van der Waals surface area contributed by atoms with Crippen molar-refractivity contribution in [1.82, 2.24) is 9.55 Å². The van der Waals surface area contributed by atoms with Gasteiger partial charge in [0.05, 0.1) is 11.0 Å². The lowest BCUT2D eigenvalue weighted by molar-refractivity contribution is 0.264. The number of benzene rings is 1. The van der Waals surface area contributed by atoms with Crippen molar-refractivity contribution in [3.8, 4) is 0 Å². The van der Waals surface area contributed by atoms with Gasteiger partial charge in [-0.15, -0.1) is 0 Å². The summed E-state index contributed by atoms with van der Waals surface area (Å²) in [6.45, 7) is 4.57. The van der Waals surface area contributed by atoms with E-state index in [1.807, 2.05) is 6.07 Å². The Hall–Kier alpha value is -1.16. The van der Waals surface area contributed by atoms with E-state index in [9.17, 15) is 4.39 Å². The largest absolute Gasteiger partial charge is 0.330 e. The molecule has 0 bridgehead atoms. The quantitative estimate of drug-likeness (QED) is 0.747. The number of aromatic nitrogens is 2. The third-order valence-electron chi connectivity index (χ3n) is 4.19. The van der Waals surface area contributed by atoms with Gasteiger partial charge in [0.25, 0.3) is 0 Å². The second kappa shape index (κ2) is 3.92. The van der Waals surface area contributed by atoms with Crippen LogP contribution in [0, 0.1) is 16.0 Å². The highest BCUT2D eigenvalue weighted by molar-refractivity contribution is 7.71. The molecule has 1 unspecified atom stereocenters. The van der Waals surface area contributed by atoms with E-state index >= 15 is 0 Å². The van der Waals surface area contributed by atoms with E-state index < -0.39 is 0 Å². The van der Waals surface area contributed by atoms with E-state index in [0.717, 1.165) is 17.5 Å². The number of nitrogens with zero attached hydrogens (tertiary/aromatic N) is 1. The molecule has 0 saturated heterocycles. The van der Waals surface area contributed by atoms with Gasteiger partial charge in [0, 0.05) is 6.04 Å². The summed E-state index contributed by atoms with van der Waals surface area (Å²) in [7, 11) is 0. The molecule has 4 heteroatoms.